The van der Waals surface area contributed by atoms with Crippen molar-refractivity contribution in [2.75, 3.05) is 0 Å². The molecule has 0 unspecified atom stereocenters. The Bertz CT molecular complexity index is 168. The molecule has 1 saturated carbocycles. The first-order valence-corrected chi connectivity index (χ1v) is 4.65. The summed E-state index contributed by atoms with van der Waals surface area (Å²) in [6, 6.07) is 0. The van der Waals surface area contributed by atoms with Crippen LogP contribution < -0.4 is 0 Å². The molecule has 0 aromatic carbocycles. The molecule has 0 aromatic heterocycles. The van der Waals surface area contributed by atoms with Gasteiger partial charge in [0.25, 0.3) is 0 Å². The van der Waals surface area contributed by atoms with Crippen LogP contribution in [0.1, 0.15) is 39.0 Å². The highest BCUT2D eigenvalue weighted by Gasteiger charge is 2.54. The SMILES string of the molecule is C[C@](O)(C1CCCCC1)C(F)(F)F. The van der Waals surface area contributed by atoms with Gasteiger partial charge < -0.3 is 5.11 Å². The second kappa shape index (κ2) is 3.48. The third-order valence-corrected chi connectivity index (χ3v) is 2.97. The first kappa shape index (κ1) is 10.8. The van der Waals surface area contributed by atoms with E-state index < -0.39 is 17.7 Å². The van der Waals surface area contributed by atoms with Crippen LogP contribution in [-0.2, 0) is 0 Å². The highest BCUT2D eigenvalue weighted by atomic mass is 19.4. The topological polar surface area (TPSA) is 20.2 Å². The lowest BCUT2D eigenvalue weighted by molar-refractivity contribution is -0.274. The first-order chi connectivity index (χ1) is 5.86. The maximum Gasteiger partial charge on any atom is 0.417 e. The van der Waals surface area contributed by atoms with E-state index in [0.29, 0.717) is 12.8 Å². The summed E-state index contributed by atoms with van der Waals surface area (Å²) in [4.78, 5) is 0. The lowest BCUT2D eigenvalue weighted by Gasteiger charge is -2.36. The van der Waals surface area contributed by atoms with Gasteiger partial charge in [0.2, 0.25) is 0 Å². The van der Waals surface area contributed by atoms with E-state index in [4.69, 9.17) is 0 Å². The summed E-state index contributed by atoms with van der Waals surface area (Å²) in [5, 5.41) is 9.35. The van der Waals surface area contributed by atoms with Crippen LogP contribution in [0.4, 0.5) is 13.2 Å². The monoisotopic (exact) mass is 196 g/mol. The van der Waals surface area contributed by atoms with Crippen molar-refractivity contribution < 1.29 is 18.3 Å². The number of aliphatic hydroxyl groups is 1. The number of hydrogen-bond acceptors (Lipinski definition) is 1. The fraction of sp³-hybridized carbons (Fsp3) is 1.00. The average Bonchev–Trinajstić information content (AvgIpc) is 2.04. The number of hydrogen-bond donors (Lipinski definition) is 1. The third kappa shape index (κ3) is 2.16. The smallest absolute Gasteiger partial charge is 0.380 e. The molecule has 1 N–H and O–H groups in total. The second-order valence-electron chi connectivity index (χ2n) is 3.98. The molecule has 4 heteroatoms. The van der Waals surface area contributed by atoms with Gasteiger partial charge in [-0.25, -0.2) is 0 Å². The zero-order valence-corrected chi connectivity index (χ0v) is 7.69. The Labute approximate surface area is 75.9 Å². The number of rotatable bonds is 1. The molecule has 1 fully saturated rings. The summed E-state index contributed by atoms with van der Waals surface area (Å²) >= 11 is 0. The van der Waals surface area contributed by atoms with E-state index in [1.807, 2.05) is 0 Å². The molecule has 0 radical (unpaired) electrons. The predicted octanol–water partition coefficient (Wildman–Crippen LogP) is 2.88. The molecule has 0 heterocycles. The summed E-state index contributed by atoms with van der Waals surface area (Å²) in [6.45, 7) is 0.892. The molecule has 78 valence electrons. The van der Waals surface area contributed by atoms with Gasteiger partial charge in [-0.15, -0.1) is 0 Å². The van der Waals surface area contributed by atoms with Gasteiger partial charge in [0.15, 0.2) is 5.60 Å². The maximum atomic E-state index is 12.4. The molecule has 0 aliphatic heterocycles. The van der Waals surface area contributed by atoms with Crippen molar-refractivity contribution in [1.29, 1.82) is 0 Å². The predicted molar refractivity (Wildman–Crippen MR) is 43.3 cm³/mol. The van der Waals surface area contributed by atoms with Crippen LogP contribution in [-0.4, -0.2) is 16.9 Å². The summed E-state index contributed by atoms with van der Waals surface area (Å²) in [6.07, 6.45) is -0.910. The van der Waals surface area contributed by atoms with Crippen LogP contribution in [0.2, 0.25) is 0 Å². The fourth-order valence-corrected chi connectivity index (χ4v) is 1.90. The van der Waals surface area contributed by atoms with E-state index in [9.17, 15) is 18.3 Å². The molecule has 0 amide bonds. The molecule has 0 spiro atoms. The molecule has 1 aliphatic rings. The third-order valence-electron chi connectivity index (χ3n) is 2.97. The van der Waals surface area contributed by atoms with Crippen LogP contribution in [0.25, 0.3) is 0 Å². The quantitative estimate of drug-likeness (QED) is 0.683. The van der Waals surface area contributed by atoms with Crippen molar-refractivity contribution in [1.82, 2.24) is 0 Å². The van der Waals surface area contributed by atoms with Crippen molar-refractivity contribution in [3.05, 3.63) is 0 Å². The highest BCUT2D eigenvalue weighted by molar-refractivity contribution is 4.90. The van der Waals surface area contributed by atoms with Crippen molar-refractivity contribution in [2.45, 2.75) is 50.8 Å². The van der Waals surface area contributed by atoms with Gasteiger partial charge in [0, 0.05) is 0 Å². The van der Waals surface area contributed by atoms with Crippen LogP contribution in [0.15, 0.2) is 0 Å². The molecule has 1 aliphatic carbocycles. The van der Waals surface area contributed by atoms with E-state index in [0.717, 1.165) is 26.2 Å². The van der Waals surface area contributed by atoms with Gasteiger partial charge in [0.05, 0.1) is 0 Å². The van der Waals surface area contributed by atoms with E-state index >= 15 is 0 Å². The summed E-state index contributed by atoms with van der Waals surface area (Å²) in [5.41, 5.74) is -2.49. The van der Waals surface area contributed by atoms with Gasteiger partial charge in [-0.05, 0) is 25.7 Å². The van der Waals surface area contributed by atoms with E-state index in [1.165, 1.54) is 0 Å². The average molecular weight is 196 g/mol. The molecule has 13 heavy (non-hydrogen) atoms. The molecule has 0 saturated heterocycles. The Balaban J connectivity index is 2.67. The highest BCUT2D eigenvalue weighted by Crippen LogP contribution is 2.42. The van der Waals surface area contributed by atoms with Crippen molar-refractivity contribution >= 4 is 0 Å². The molecule has 1 atom stereocenters. The lowest BCUT2D eigenvalue weighted by atomic mass is 9.77. The van der Waals surface area contributed by atoms with E-state index in [-0.39, 0.29) is 0 Å². The van der Waals surface area contributed by atoms with Crippen molar-refractivity contribution in [3.8, 4) is 0 Å². The molecule has 1 nitrogen and oxygen atoms in total. The Kier molecular flexibility index (Phi) is 2.90. The van der Waals surface area contributed by atoms with Gasteiger partial charge in [0.1, 0.15) is 0 Å². The van der Waals surface area contributed by atoms with Gasteiger partial charge >= 0.3 is 6.18 Å². The van der Waals surface area contributed by atoms with Crippen molar-refractivity contribution in [3.63, 3.8) is 0 Å². The normalized spacial score (nSPS) is 25.6. The summed E-state index contributed by atoms with van der Waals surface area (Å²) in [7, 11) is 0. The minimum Gasteiger partial charge on any atom is -0.380 e. The van der Waals surface area contributed by atoms with Crippen LogP contribution in [0, 0.1) is 5.92 Å². The van der Waals surface area contributed by atoms with Gasteiger partial charge in [-0.3, -0.25) is 0 Å². The summed E-state index contributed by atoms with van der Waals surface area (Å²) < 4.78 is 37.1. The second-order valence-corrected chi connectivity index (χ2v) is 3.98. The van der Waals surface area contributed by atoms with E-state index in [1.54, 1.807) is 0 Å². The van der Waals surface area contributed by atoms with E-state index in [2.05, 4.69) is 0 Å². The Morgan fingerprint density at radius 3 is 1.92 bits per heavy atom. The zero-order chi connectivity index (χ0) is 10.1. The standard InChI is InChI=1S/C9H15F3O/c1-8(13,9(10,11)12)7-5-3-2-4-6-7/h7,13H,2-6H2,1H3/t8-/m0/s1. The first-order valence-electron chi connectivity index (χ1n) is 4.65. The Hall–Kier alpha value is -0.250. The largest absolute Gasteiger partial charge is 0.417 e. The molecule has 0 aromatic rings. The Morgan fingerprint density at radius 2 is 1.54 bits per heavy atom. The lowest BCUT2D eigenvalue weighted by Crippen LogP contribution is -2.49. The fourth-order valence-electron chi connectivity index (χ4n) is 1.90. The van der Waals surface area contributed by atoms with Gasteiger partial charge in [-0.1, -0.05) is 19.3 Å². The zero-order valence-electron chi connectivity index (χ0n) is 7.69. The van der Waals surface area contributed by atoms with Gasteiger partial charge in [-0.2, -0.15) is 13.2 Å². The maximum absolute atomic E-state index is 12.4. The van der Waals surface area contributed by atoms with Crippen LogP contribution in [0.3, 0.4) is 0 Å². The summed E-state index contributed by atoms with van der Waals surface area (Å²) in [5.74, 6) is -0.610. The number of alkyl halides is 3. The molecular formula is C9H15F3O. The minimum absolute atomic E-state index is 0.493. The Morgan fingerprint density at radius 1 is 1.08 bits per heavy atom. The molecular weight excluding hydrogens is 181 g/mol. The van der Waals surface area contributed by atoms with Crippen molar-refractivity contribution in [2.24, 2.45) is 5.92 Å². The molecule has 1 rings (SSSR count). The molecule has 0 bridgehead atoms. The number of halogens is 3. The van der Waals surface area contributed by atoms with Crippen LogP contribution in [0.5, 0.6) is 0 Å². The van der Waals surface area contributed by atoms with Crippen LogP contribution >= 0.6 is 0 Å². The minimum atomic E-state index is -4.49.